The van der Waals surface area contributed by atoms with E-state index in [9.17, 15) is 16.8 Å². The molecule has 0 aromatic carbocycles. The minimum atomic E-state index is -3.75. The number of aromatic amines is 1. The molecule has 0 atom stereocenters. The van der Waals surface area contributed by atoms with Crippen LogP contribution in [0, 0.1) is 6.92 Å². The van der Waals surface area contributed by atoms with Crippen molar-refractivity contribution in [3.8, 4) is 0 Å². The maximum Gasteiger partial charge on any atom is 0.244 e. The van der Waals surface area contributed by atoms with Crippen LogP contribution in [0.4, 0.5) is 0 Å². The Morgan fingerprint density at radius 1 is 1.40 bits per heavy atom. The summed E-state index contributed by atoms with van der Waals surface area (Å²) in [6.07, 6.45) is 0.576. The van der Waals surface area contributed by atoms with Crippen LogP contribution in [0.3, 0.4) is 0 Å². The van der Waals surface area contributed by atoms with Gasteiger partial charge < -0.3 is 5.73 Å². The number of hydrogen-bond acceptors (Lipinski definition) is 6. The van der Waals surface area contributed by atoms with Gasteiger partial charge in [0.1, 0.15) is 14.7 Å². The predicted octanol–water partition coefficient (Wildman–Crippen LogP) is -0.968. The van der Waals surface area contributed by atoms with Gasteiger partial charge in [-0.25, -0.2) is 21.6 Å². The Labute approximate surface area is 118 Å². The number of H-pyrrole nitrogens is 1. The number of aromatic nitrogens is 2. The first-order valence-electron chi connectivity index (χ1n) is 6.22. The third kappa shape index (κ3) is 3.19. The number of nitrogens with zero attached hydrogens (tertiary/aromatic N) is 1. The van der Waals surface area contributed by atoms with Gasteiger partial charge in [0.25, 0.3) is 0 Å². The van der Waals surface area contributed by atoms with Gasteiger partial charge in [0.2, 0.25) is 10.0 Å². The van der Waals surface area contributed by atoms with E-state index in [0.717, 1.165) is 0 Å². The van der Waals surface area contributed by atoms with Crippen molar-refractivity contribution in [2.24, 2.45) is 5.73 Å². The highest BCUT2D eigenvalue weighted by Gasteiger charge is 2.30. The van der Waals surface area contributed by atoms with Gasteiger partial charge in [-0.2, -0.15) is 5.10 Å². The van der Waals surface area contributed by atoms with E-state index in [4.69, 9.17) is 5.73 Å². The lowest BCUT2D eigenvalue weighted by molar-refractivity contribution is 0.504. The molecule has 1 aliphatic rings. The molecule has 10 heteroatoms. The van der Waals surface area contributed by atoms with Gasteiger partial charge in [-0.1, -0.05) is 0 Å². The fourth-order valence-corrected chi connectivity index (χ4v) is 5.42. The molecule has 1 saturated heterocycles. The molecule has 2 rings (SSSR count). The molecule has 4 N–H and O–H groups in total. The van der Waals surface area contributed by atoms with Crippen LogP contribution in [0.25, 0.3) is 0 Å². The highest BCUT2D eigenvalue weighted by Crippen LogP contribution is 2.20. The molecule has 1 fully saturated rings. The Bertz CT molecular complexity index is 679. The lowest BCUT2D eigenvalue weighted by Gasteiger charge is -2.22. The van der Waals surface area contributed by atoms with E-state index in [0.29, 0.717) is 5.69 Å². The van der Waals surface area contributed by atoms with Gasteiger partial charge >= 0.3 is 0 Å². The second-order valence-corrected chi connectivity index (χ2v) is 8.83. The minimum Gasteiger partial charge on any atom is -0.325 e. The van der Waals surface area contributed by atoms with E-state index in [1.54, 1.807) is 6.92 Å². The summed E-state index contributed by atoms with van der Waals surface area (Å²) >= 11 is 0. The van der Waals surface area contributed by atoms with Gasteiger partial charge in [-0.05, 0) is 19.8 Å². The van der Waals surface area contributed by atoms with Gasteiger partial charge in [-0.3, -0.25) is 5.10 Å². The van der Waals surface area contributed by atoms with Gasteiger partial charge in [0, 0.05) is 12.6 Å². The van der Waals surface area contributed by atoms with Crippen molar-refractivity contribution >= 4 is 19.9 Å². The fourth-order valence-electron chi connectivity index (χ4n) is 2.25. The van der Waals surface area contributed by atoms with Gasteiger partial charge in [0.15, 0.2) is 0 Å². The zero-order chi connectivity index (χ0) is 15.0. The maximum atomic E-state index is 12.3. The average Bonchev–Trinajstić information content (AvgIpc) is 2.74. The molecule has 0 aliphatic carbocycles. The van der Waals surface area contributed by atoms with E-state index < -0.39 is 19.9 Å². The summed E-state index contributed by atoms with van der Waals surface area (Å²) in [6.45, 7) is 1.62. The zero-order valence-corrected chi connectivity index (χ0v) is 12.7. The van der Waals surface area contributed by atoms with Gasteiger partial charge in [-0.15, -0.1) is 0 Å². The Hall–Kier alpha value is -0.970. The number of nitrogens with two attached hydrogens (primary N) is 1. The largest absolute Gasteiger partial charge is 0.325 e. The lowest BCUT2D eigenvalue weighted by Crippen LogP contribution is -2.41. The molecule has 0 unspecified atom stereocenters. The van der Waals surface area contributed by atoms with E-state index in [1.807, 2.05) is 0 Å². The normalized spacial score (nSPS) is 20.1. The topological polar surface area (TPSA) is 135 Å². The molecule has 0 spiro atoms. The average molecular weight is 322 g/mol. The molecule has 1 aliphatic heterocycles. The summed E-state index contributed by atoms with van der Waals surface area (Å²) in [5.74, 6) is 0.0165. The predicted molar refractivity (Wildman–Crippen MR) is 73.2 cm³/mol. The summed E-state index contributed by atoms with van der Waals surface area (Å²) in [4.78, 5) is 0.0634. The van der Waals surface area contributed by atoms with Crippen molar-refractivity contribution in [2.45, 2.75) is 37.2 Å². The monoisotopic (exact) mass is 322 g/mol. The van der Waals surface area contributed by atoms with E-state index in [1.165, 1.54) is 0 Å². The Morgan fingerprint density at radius 3 is 2.55 bits per heavy atom. The molecule has 0 amide bonds. The highest BCUT2D eigenvalue weighted by atomic mass is 32.2. The van der Waals surface area contributed by atoms with Crippen molar-refractivity contribution in [1.29, 1.82) is 0 Å². The van der Waals surface area contributed by atoms with Crippen LogP contribution in [0.2, 0.25) is 0 Å². The summed E-state index contributed by atoms with van der Waals surface area (Å²) in [5, 5.41) is 6.45. The molecule has 2 heterocycles. The molecule has 20 heavy (non-hydrogen) atoms. The molecule has 1 aromatic heterocycles. The Morgan fingerprint density at radius 2 is 2.00 bits per heavy atom. The number of hydrogen-bond donors (Lipinski definition) is 3. The van der Waals surface area contributed by atoms with Crippen molar-refractivity contribution in [2.75, 3.05) is 11.5 Å². The second-order valence-electron chi connectivity index (χ2n) is 4.88. The summed E-state index contributed by atoms with van der Waals surface area (Å²) in [5.41, 5.74) is 6.17. The van der Waals surface area contributed by atoms with E-state index in [2.05, 4.69) is 14.9 Å². The third-order valence-corrected chi connectivity index (χ3v) is 6.74. The molecular formula is C10H18N4O4S2. The molecule has 0 bridgehead atoms. The van der Waals surface area contributed by atoms with Crippen molar-refractivity contribution in [3.63, 3.8) is 0 Å². The smallest absolute Gasteiger partial charge is 0.244 e. The SMILES string of the molecule is Cc1[nH]nc(CN)c1S(=O)(=O)NC1CCS(=O)(=O)CC1. The van der Waals surface area contributed by atoms with Crippen LogP contribution in [-0.2, 0) is 26.4 Å². The molecule has 1 aromatic rings. The van der Waals surface area contributed by atoms with Crippen LogP contribution in [-0.4, -0.2) is 44.6 Å². The van der Waals surface area contributed by atoms with Crippen molar-refractivity contribution < 1.29 is 16.8 Å². The van der Waals surface area contributed by atoms with Crippen molar-refractivity contribution in [1.82, 2.24) is 14.9 Å². The van der Waals surface area contributed by atoms with E-state index in [-0.39, 0.29) is 47.5 Å². The first kappa shape index (κ1) is 15.4. The standard InChI is InChI=1S/C10H18N4O4S2/c1-7-10(9(6-11)13-12-7)20(17,18)14-8-2-4-19(15,16)5-3-8/h8,14H,2-6,11H2,1H3,(H,12,13). The maximum absolute atomic E-state index is 12.3. The van der Waals surface area contributed by atoms with Crippen LogP contribution in [0.1, 0.15) is 24.2 Å². The van der Waals surface area contributed by atoms with Crippen LogP contribution < -0.4 is 10.5 Å². The number of nitrogens with one attached hydrogen (secondary N) is 2. The molecule has 8 nitrogen and oxygen atoms in total. The zero-order valence-electron chi connectivity index (χ0n) is 11.1. The van der Waals surface area contributed by atoms with E-state index >= 15 is 0 Å². The van der Waals surface area contributed by atoms with Crippen LogP contribution in [0.15, 0.2) is 4.90 Å². The summed E-state index contributed by atoms with van der Waals surface area (Å²) in [7, 11) is -6.77. The van der Waals surface area contributed by atoms with Crippen LogP contribution in [0.5, 0.6) is 0 Å². The van der Waals surface area contributed by atoms with Crippen molar-refractivity contribution in [3.05, 3.63) is 11.4 Å². The fraction of sp³-hybridized carbons (Fsp3) is 0.700. The summed E-state index contributed by atoms with van der Waals surface area (Å²) < 4.78 is 49.9. The first-order chi connectivity index (χ1) is 9.25. The Balaban J connectivity index is 2.18. The number of sulfone groups is 1. The first-order valence-corrected chi connectivity index (χ1v) is 9.52. The molecular weight excluding hydrogens is 304 g/mol. The molecule has 0 radical (unpaired) electrons. The minimum absolute atomic E-state index is 0.00824. The second kappa shape index (κ2) is 5.43. The van der Waals surface area contributed by atoms with Gasteiger partial charge in [0.05, 0.1) is 22.9 Å². The number of sulfonamides is 1. The Kier molecular flexibility index (Phi) is 4.19. The summed E-state index contributed by atoms with van der Waals surface area (Å²) in [6, 6.07) is -0.372. The third-order valence-electron chi connectivity index (χ3n) is 3.30. The number of rotatable bonds is 4. The molecule has 114 valence electrons. The molecule has 0 saturated carbocycles. The van der Waals surface area contributed by atoms with Crippen LogP contribution >= 0.6 is 0 Å². The number of aryl methyl sites for hydroxylation is 1. The quantitative estimate of drug-likeness (QED) is 0.653. The lowest BCUT2D eigenvalue weighted by atomic mass is 10.2. The highest BCUT2D eigenvalue weighted by molar-refractivity contribution is 7.91.